The molecule has 0 bridgehead atoms. The highest BCUT2D eigenvalue weighted by molar-refractivity contribution is 6.30. The predicted molar refractivity (Wildman–Crippen MR) is 146 cm³/mol. The van der Waals surface area contributed by atoms with Crippen molar-refractivity contribution in [1.29, 1.82) is 0 Å². The summed E-state index contributed by atoms with van der Waals surface area (Å²) in [6, 6.07) is 20.7. The van der Waals surface area contributed by atoms with Crippen LogP contribution in [0.25, 0.3) is 12.2 Å². The average molecular weight is 471 g/mol. The van der Waals surface area contributed by atoms with E-state index < -0.39 is 0 Å². The lowest BCUT2D eigenvalue weighted by Gasteiger charge is -2.05. The van der Waals surface area contributed by atoms with Gasteiger partial charge in [-0.2, -0.15) is 0 Å². The molecule has 0 N–H and O–H groups in total. The van der Waals surface area contributed by atoms with Crippen molar-refractivity contribution in [2.75, 3.05) is 0 Å². The van der Waals surface area contributed by atoms with E-state index in [1.54, 1.807) is 6.07 Å². The summed E-state index contributed by atoms with van der Waals surface area (Å²) in [5.41, 5.74) is 6.17. The van der Waals surface area contributed by atoms with Gasteiger partial charge in [0.05, 0.1) is 0 Å². The highest BCUT2D eigenvalue weighted by Gasteiger charge is 2.08. The molecule has 0 unspecified atom stereocenters. The molecule has 3 aromatic rings. The van der Waals surface area contributed by atoms with Gasteiger partial charge in [0.2, 0.25) is 0 Å². The molecule has 0 radical (unpaired) electrons. The molecular formula is C31H31ClO2. The maximum atomic E-state index is 12.7. The minimum Gasteiger partial charge on any atom is -0.298 e. The molecule has 0 aromatic heterocycles. The standard InChI is InChI=1S/C29H25ClO2.C2H6/c1-21(11-13-24-14-16-28(30)18-22(24)2)10-12-23-6-5-9-26(19-23)29(32)17-15-25-7-3-4-8-27(25)20-31;1-2/h3-14,16,18-20H,1,15,17H2,2H3;1-2H3/b12-10+,13-11-;. The number of ketones is 1. The molecule has 0 saturated heterocycles. The summed E-state index contributed by atoms with van der Waals surface area (Å²) in [6.45, 7) is 10.1. The van der Waals surface area contributed by atoms with Gasteiger partial charge in [0.25, 0.3) is 0 Å². The normalized spacial score (nSPS) is 10.7. The van der Waals surface area contributed by atoms with E-state index in [4.69, 9.17) is 11.6 Å². The number of rotatable bonds is 9. The fourth-order valence-corrected chi connectivity index (χ4v) is 3.59. The summed E-state index contributed by atoms with van der Waals surface area (Å²) in [7, 11) is 0. The number of aryl methyl sites for hydroxylation is 2. The Morgan fingerprint density at radius 2 is 1.65 bits per heavy atom. The van der Waals surface area contributed by atoms with Gasteiger partial charge in [-0.05, 0) is 59.4 Å². The number of benzene rings is 3. The number of allylic oxidation sites excluding steroid dienone is 3. The Labute approximate surface area is 208 Å². The van der Waals surface area contributed by atoms with E-state index in [2.05, 4.69) is 6.58 Å². The maximum absolute atomic E-state index is 12.7. The van der Waals surface area contributed by atoms with Crippen molar-refractivity contribution in [2.24, 2.45) is 0 Å². The van der Waals surface area contributed by atoms with E-state index >= 15 is 0 Å². The van der Waals surface area contributed by atoms with Gasteiger partial charge in [-0.25, -0.2) is 0 Å². The summed E-state index contributed by atoms with van der Waals surface area (Å²) in [5.74, 6) is 0.0536. The summed E-state index contributed by atoms with van der Waals surface area (Å²) < 4.78 is 0. The van der Waals surface area contributed by atoms with Crippen molar-refractivity contribution in [3.8, 4) is 0 Å². The lowest BCUT2D eigenvalue weighted by atomic mass is 9.98. The lowest BCUT2D eigenvalue weighted by molar-refractivity contribution is 0.0981. The molecule has 3 aromatic carbocycles. The molecule has 0 saturated carbocycles. The highest BCUT2D eigenvalue weighted by atomic mass is 35.5. The van der Waals surface area contributed by atoms with E-state index in [0.717, 1.165) is 39.1 Å². The van der Waals surface area contributed by atoms with Gasteiger partial charge in [0, 0.05) is 22.6 Å². The molecule has 0 atom stereocenters. The molecule has 174 valence electrons. The first-order valence-electron chi connectivity index (χ1n) is 11.4. The van der Waals surface area contributed by atoms with Gasteiger partial charge < -0.3 is 0 Å². The zero-order valence-electron chi connectivity index (χ0n) is 20.1. The average Bonchev–Trinajstić information content (AvgIpc) is 2.87. The smallest absolute Gasteiger partial charge is 0.163 e. The lowest BCUT2D eigenvalue weighted by Crippen LogP contribution is -2.03. The number of hydrogen-bond donors (Lipinski definition) is 0. The number of carbonyl (C=O) groups is 2. The van der Waals surface area contributed by atoms with E-state index in [0.29, 0.717) is 24.0 Å². The Balaban J connectivity index is 0.00000199. The van der Waals surface area contributed by atoms with E-state index in [9.17, 15) is 9.59 Å². The quantitative estimate of drug-likeness (QED) is 0.178. The minimum absolute atomic E-state index is 0.0536. The summed E-state index contributed by atoms with van der Waals surface area (Å²) >= 11 is 6.01. The Bertz CT molecular complexity index is 1200. The van der Waals surface area contributed by atoms with Crippen LogP contribution in [0.3, 0.4) is 0 Å². The first-order chi connectivity index (χ1) is 16.5. The van der Waals surface area contributed by atoms with Crippen LogP contribution in [0.15, 0.2) is 91.0 Å². The van der Waals surface area contributed by atoms with Crippen LogP contribution in [0.5, 0.6) is 0 Å². The fourth-order valence-electron chi connectivity index (χ4n) is 3.37. The molecule has 2 nitrogen and oxygen atoms in total. The Morgan fingerprint density at radius 3 is 2.38 bits per heavy atom. The molecule has 3 heteroatoms. The number of carbonyl (C=O) groups excluding carboxylic acids is 2. The first-order valence-corrected chi connectivity index (χ1v) is 11.8. The molecular weight excluding hydrogens is 440 g/mol. The van der Waals surface area contributed by atoms with Crippen LogP contribution in [0, 0.1) is 6.92 Å². The molecule has 0 fully saturated rings. The van der Waals surface area contributed by atoms with Gasteiger partial charge in [-0.1, -0.05) is 105 Å². The van der Waals surface area contributed by atoms with Gasteiger partial charge in [0.15, 0.2) is 5.78 Å². The van der Waals surface area contributed by atoms with Crippen molar-refractivity contribution >= 4 is 35.8 Å². The van der Waals surface area contributed by atoms with Crippen molar-refractivity contribution in [1.82, 2.24) is 0 Å². The van der Waals surface area contributed by atoms with Crippen molar-refractivity contribution in [2.45, 2.75) is 33.6 Å². The number of hydrogen-bond acceptors (Lipinski definition) is 2. The largest absolute Gasteiger partial charge is 0.298 e. The molecule has 0 spiro atoms. The predicted octanol–water partition coefficient (Wildman–Crippen LogP) is 8.59. The number of aldehydes is 1. The van der Waals surface area contributed by atoms with Crippen LogP contribution >= 0.6 is 11.6 Å². The SMILES string of the molecule is C=C(/C=C\c1ccc(Cl)cc1C)/C=C/c1cccc(C(=O)CCc2ccccc2C=O)c1.CC. The third kappa shape index (κ3) is 8.13. The number of halogens is 1. The van der Waals surface area contributed by atoms with Gasteiger partial charge in [0.1, 0.15) is 6.29 Å². The fraction of sp³-hybridized carbons (Fsp3) is 0.161. The van der Waals surface area contributed by atoms with Gasteiger partial charge >= 0.3 is 0 Å². The Kier molecular flexibility index (Phi) is 11.0. The molecule has 0 heterocycles. The molecule has 0 aliphatic heterocycles. The van der Waals surface area contributed by atoms with E-state index in [1.165, 1.54) is 0 Å². The van der Waals surface area contributed by atoms with Crippen molar-refractivity contribution in [3.05, 3.63) is 129 Å². The molecule has 3 rings (SSSR count). The zero-order valence-corrected chi connectivity index (χ0v) is 20.8. The van der Waals surface area contributed by atoms with Crippen molar-refractivity contribution < 1.29 is 9.59 Å². The first kappa shape index (κ1) is 26.8. The Hall–Kier alpha value is -3.49. The van der Waals surface area contributed by atoms with Crippen molar-refractivity contribution in [3.63, 3.8) is 0 Å². The molecule has 0 aliphatic rings. The molecule has 0 aliphatic carbocycles. The van der Waals surface area contributed by atoms with Crippen LogP contribution < -0.4 is 0 Å². The maximum Gasteiger partial charge on any atom is 0.163 e. The van der Waals surface area contributed by atoms with Crippen LogP contribution in [0.1, 0.15) is 63.2 Å². The van der Waals surface area contributed by atoms with Gasteiger partial charge in [-0.15, -0.1) is 0 Å². The van der Waals surface area contributed by atoms with Gasteiger partial charge in [-0.3, -0.25) is 9.59 Å². The topological polar surface area (TPSA) is 34.1 Å². The zero-order chi connectivity index (χ0) is 24.9. The summed E-state index contributed by atoms with van der Waals surface area (Å²) in [5, 5.41) is 0.723. The Morgan fingerprint density at radius 1 is 0.912 bits per heavy atom. The van der Waals surface area contributed by atoms with E-state index in [-0.39, 0.29) is 5.78 Å². The van der Waals surface area contributed by atoms with E-state index in [1.807, 2.05) is 106 Å². The third-order valence-corrected chi connectivity index (χ3v) is 5.45. The second kappa shape index (κ2) is 13.9. The monoisotopic (exact) mass is 470 g/mol. The second-order valence-electron chi connectivity index (χ2n) is 7.61. The van der Waals surface area contributed by atoms with Crippen LogP contribution in [0.2, 0.25) is 5.02 Å². The van der Waals surface area contributed by atoms with Crippen LogP contribution in [-0.2, 0) is 6.42 Å². The van der Waals surface area contributed by atoms with Crippen LogP contribution in [-0.4, -0.2) is 12.1 Å². The van der Waals surface area contributed by atoms with Crippen LogP contribution in [0.4, 0.5) is 0 Å². The summed E-state index contributed by atoms with van der Waals surface area (Å²) in [4.78, 5) is 23.8. The third-order valence-electron chi connectivity index (χ3n) is 5.21. The summed E-state index contributed by atoms with van der Waals surface area (Å²) in [6.07, 6.45) is 9.56. The molecule has 34 heavy (non-hydrogen) atoms. The second-order valence-corrected chi connectivity index (χ2v) is 8.04. The molecule has 0 amide bonds. The number of Topliss-reactive ketones (excluding diaryl/α,β-unsaturated/α-hetero) is 1. The minimum atomic E-state index is 0.0536. The highest BCUT2D eigenvalue weighted by Crippen LogP contribution is 2.18.